The molecule has 2 heterocycles. The summed E-state index contributed by atoms with van der Waals surface area (Å²) >= 11 is 0. The molecule has 1 aromatic rings. The molecular weight excluding hydrogens is 565 g/mol. The van der Waals surface area contributed by atoms with E-state index in [1.54, 1.807) is 0 Å². The van der Waals surface area contributed by atoms with Crippen LogP contribution < -0.4 is 0 Å². The molecule has 1 radical (unpaired) electrons. The van der Waals surface area contributed by atoms with Gasteiger partial charge in [0.25, 0.3) is 0 Å². The van der Waals surface area contributed by atoms with E-state index in [1.807, 2.05) is 0 Å². The number of aliphatic imine (C=N–C) groups is 2. The standard InChI is InChI=1S/C26H39N2O2.Ir/c1-15(2)25(16(3)4)13-29-23(27-25)21-12-22(20(10)11-19(21)9)24-28-26(14-30-24,17(5)6)18(7)8;/h11,15-18H,13-14H2,1-10H3;/q-1;. The Balaban J connectivity index is 0.00000341. The van der Waals surface area contributed by atoms with E-state index in [0.717, 1.165) is 22.3 Å². The predicted octanol–water partition coefficient (Wildman–Crippen LogP) is 5.76. The van der Waals surface area contributed by atoms with Gasteiger partial charge >= 0.3 is 0 Å². The number of aryl methyl sites for hydroxylation is 2. The van der Waals surface area contributed by atoms with Crippen LogP contribution in [0.4, 0.5) is 0 Å². The van der Waals surface area contributed by atoms with E-state index >= 15 is 0 Å². The van der Waals surface area contributed by atoms with Crippen LogP contribution in [-0.2, 0) is 29.6 Å². The molecule has 4 nitrogen and oxygen atoms in total. The SMILES string of the molecule is Cc1cc(C)c(C2=NC(C(C)C)(C(C)C)CO2)[c-]c1C1=NC(C(C)C)(C(C)C)CO1.[Ir]. The molecule has 175 valence electrons. The van der Waals surface area contributed by atoms with Crippen molar-refractivity contribution in [1.82, 2.24) is 0 Å². The van der Waals surface area contributed by atoms with Gasteiger partial charge in [-0.15, -0.1) is 23.3 Å². The van der Waals surface area contributed by atoms with Crippen LogP contribution in [0.2, 0.25) is 0 Å². The van der Waals surface area contributed by atoms with Crippen molar-refractivity contribution in [3.63, 3.8) is 0 Å². The first-order chi connectivity index (χ1) is 13.9. The Labute approximate surface area is 202 Å². The summed E-state index contributed by atoms with van der Waals surface area (Å²) in [7, 11) is 0. The van der Waals surface area contributed by atoms with E-state index in [1.165, 1.54) is 0 Å². The molecule has 2 aliphatic rings. The van der Waals surface area contributed by atoms with Gasteiger partial charge in [-0.2, -0.15) is 0 Å². The Morgan fingerprint density at radius 2 is 1.03 bits per heavy atom. The Kier molecular flexibility index (Phi) is 7.86. The summed E-state index contributed by atoms with van der Waals surface area (Å²) in [4.78, 5) is 10.2. The monoisotopic (exact) mass is 604 g/mol. The van der Waals surface area contributed by atoms with E-state index in [-0.39, 0.29) is 31.2 Å². The maximum absolute atomic E-state index is 6.17. The van der Waals surface area contributed by atoms with Crippen molar-refractivity contribution in [2.45, 2.75) is 80.3 Å². The molecule has 0 saturated heterocycles. The fourth-order valence-electron chi connectivity index (χ4n) is 4.88. The Hall–Kier alpha value is -1.19. The van der Waals surface area contributed by atoms with Crippen LogP contribution >= 0.6 is 0 Å². The maximum Gasteiger partial charge on any atom is 0.148 e. The summed E-state index contributed by atoms with van der Waals surface area (Å²) in [6, 6.07) is 5.76. The summed E-state index contributed by atoms with van der Waals surface area (Å²) in [6.45, 7) is 23.3. The molecule has 0 unspecified atom stereocenters. The molecule has 31 heavy (non-hydrogen) atoms. The van der Waals surface area contributed by atoms with Gasteiger partial charge in [0.1, 0.15) is 25.0 Å². The minimum atomic E-state index is -0.188. The zero-order chi connectivity index (χ0) is 22.4. The third-order valence-electron chi connectivity index (χ3n) is 7.40. The van der Waals surface area contributed by atoms with Crippen LogP contribution in [0.3, 0.4) is 0 Å². The van der Waals surface area contributed by atoms with Crippen molar-refractivity contribution in [2.75, 3.05) is 13.2 Å². The van der Waals surface area contributed by atoms with Crippen LogP contribution in [-0.4, -0.2) is 36.1 Å². The molecule has 0 fully saturated rings. The maximum atomic E-state index is 6.17. The second-order valence-electron chi connectivity index (χ2n) is 10.4. The normalized spacial score (nSPS) is 19.4. The van der Waals surface area contributed by atoms with Crippen molar-refractivity contribution >= 4 is 11.8 Å². The molecule has 1 aromatic carbocycles. The first-order valence-electron chi connectivity index (χ1n) is 11.4. The number of nitrogens with zero attached hydrogens (tertiary/aromatic N) is 2. The van der Waals surface area contributed by atoms with Gasteiger partial charge in [0.2, 0.25) is 0 Å². The minimum Gasteiger partial charge on any atom is -0.509 e. The van der Waals surface area contributed by atoms with Crippen LogP contribution in [0.25, 0.3) is 0 Å². The van der Waals surface area contributed by atoms with Crippen LogP contribution in [0.15, 0.2) is 16.1 Å². The molecule has 0 amide bonds. The van der Waals surface area contributed by atoms with Gasteiger partial charge in [-0.1, -0.05) is 80.4 Å². The number of benzene rings is 1. The predicted molar refractivity (Wildman–Crippen MR) is 125 cm³/mol. The molecule has 0 aromatic heterocycles. The van der Waals surface area contributed by atoms with Gasteiger partial charge in [0, 0.05) is 20.1 Å². The molecule has 0 spiro atoms. The molecule has 0 N–H and O–H groups in total. The second-order valence-corrected chi connectivity index (χ2v) is 10.4. The summed E-state index contributed by atoms with van der Waals surface area (Å²) in [5.74, 6) is 3.02. The number of hydrogen-bond acceptors (Lipinski definition) is 4. The topological polar surface area (TPSA) is 43.2 Å². The summed E-state index contributed by atoms with van der Waals surface area (Å²) in [5, 5.41) is 0. The number of ether oxygens (including phenoxy) is 2. The van der Waals surface area contributed by atoms with E-state index in [9.17, 15) is 0 Å². The summed E-state index contributed by atoms with van der Waals surface area (Å²) in [6.07, 6.45) is 0. The first-order valence-corrected chi connectivity index (χ1v) is 11.4. The molecule has 3 rings (SSSR count). The van der Waals surface area contributed by atoms with Crippen LogP contribution in [0, 0.1) is 43.6 Å². The first kappa shape index (κ1) is 26.1. The summed E-state index contributed by atoms with van der Waals surface area (Å²) in [5.41, 5.74) is 3.72. The fraction of sp³-hybridized carbons (Fsp3) is 0.692. The largest absolute Gasteiger partial charge is 0.509 e. The van der Waals surface area contributed by atoms with Gasteiger partial charge in [-0.3, -0.25) is 9.98 Å². The van der Waals surface area contributed by atoms with Crippen molar-refractivity contribution < 1.29 is 29.6 Å². The zero-order valence-corrected chi connectivity index (χ0v) is 23.2. The smallest absolute Gasteiger partial charge is 0.148 e. The Morgan fingerprint density at radius 1 is 0.710 bits per heavy atom. The van der Waals surface area contributed by atoms with Gasteiger partial charge in [-0.25, -0.2) is 0 Å². The Bertz CT molecular complexity index is 785. The molecule has 0 aliphatic carbocycles. The summed E-state index contributed by atoms with van der Waals surface area (Å²) < 4.78 is 12.3. The van der Waals surface area contributed by atoms with Crippen molar-refractivity contribution in [3.05, 3.63) is 34.4 Å². The van der Waals surface area contributed by atoms with Gasteiger partial charge in [0.15, 0.2) is 0 Å². The van der Waals surface area contributed by atoms with Crippen LogP contribution in [0.5, 0.6) is 0 Å². The van der Waals surface area contributed by atoms with E-state index in [4.69, 9.17) is 19.5 Å². The fourth-order valence-corrected chi connectivity index (χ4v) is 4.88. The average Bonchev–Trinajstić information content (AvgIpc) is 3.28. The Morgan fingerprint density at radius 3 is 1.29 bits per heavy atom. The molecule has 0 bridgehead atoms. The quantitative estimate of drug-likeness (QED) is 0.389. The third kappa shape index (κ3) is 4.37. The third-order valence-corrected chi connectivity index (χ3v) is 7.40. The zero-order valence-electron chi connectivity index (χ0n) is 20.8. The van der Waals surface area contributed by atoms with Crippen LogP contribution in [0.1, 0.15) is 77.6 Å². The van der Waals surface area contributed by atoms with E-state index in [2.05, 4.69) is 81.4 Å². The van der Waals surface area contributed by atoms with Gasteiger partial charge < -0.3 is 9.47 Å². The van der Waals surface area contributed by atoms with Gasteiger partial charge in [-0.05, 0) is 23.7 Å². The second kappa shape index (κ2) is 9.35. The van der Waals surface area contributed by atoms with Gasteiger partial charge in [0.05, 0.1) is 11.1 Å². The van der Waals surface area contributed by atoms with Crippen molar-refractivity contribution in [2.24, 2.45) is 33.7 Å². The van der Waals surface area contributed by atoms with E-state index < -0.39 is 0 Å². The number of rotatable bonds is 6. The average molecular weight is 604 g/mol. The molecule has 2 aliphatic heterocycles. The van der Waals surface area contributed by atoms with E-state index in [0.29, 0.717) is 48.7 Å². The molecule has 0 atom stereocenters. The van der Waals surface area contributed by atoms with Crippen molar-refractivity contribution in [1.29, 1.82) is 0 Å². The van der Waals surface area contributed by atoms with Crippen molar-refractivity contribution in [3.8, 4) is 0 Å². The minimum absolute atomic E-state index is 0. The number of hydrogen-bond donors (Lipinski definition) is 0. The molecule has 0 saturated carbocycles. The molecular formula is C26H39IrN2O2-. The molecule has 5 heteroatoms.